The van der Waals surface area contributed by atoms with Gasteiger partial charge in [0.05, 0.1) is 6.42 Å². The van der Waals surface area contributed by atoms with Crippen LogP contribution in [0.15, 0.2) is 24.3 Å². The van der Waals surface area contributed by atoms with Gasteiger partial charge >= 0.3 is 0 Å². The fourth-order valence-corrected chi connectivity index (χ4v) is 3.09. The molecule has 0 fully saturated rings. The van der Waals surface area contributed by atoms with Crippen LogP contribution >= 0.6 is 27.5 Å². The molecule has 1 aromatic carbocycles. The number of nitrogens with one attached hydrogen (secondary N) is 1. The summed E-state index contributed by atoms with van der Waals surface area (Å²) < 4.78 is 0. The van der Waals surface area contributed by atoms with E-state index in [1.807, 2.05) is 24.3 Å². The van der Waals surface area contributed by atoms with E-state index in [1.54, 1.807) is 0 Å². The zero-order chi connectivity index (χ0) is 14.3. The van der Waals surface area contributed by atoms with Crippen LogP contribution in [0.1, 0.15) is 32.3 Å². The number of carbonyl (C=O) groups is 1. The maximum Gasteiger partial charge on any atom is 0.224 e. The lowest BCUT2D eigenvalue weighted by Gasteiger charge is -2.29. The van der Waals surface area contributed by atoms with Crippen LogP contribution < -0.4 is 5.32 Å². The van der Waals surface area contributed by atoms with Crippen LogP contribution in [0.2, 0.25) is 5.02 Å². The highest BCUT2D eigenvalue weighted by molar-refractivity contribution is 9.09. The molecule has 0 aromatic heterocycles. The Kier molecular flexibility index (Phi) is 6.87. The number of hydrogen-bond donors (Lipinski definition) is 1. The molecule has 1 aromatic rings. The van der Waals surface area contributed by atoms with E-state index in [0.717, 1.165) is 23.7 Å². The number of hydrogen-bond acceptors (Lipinski definition) is 1. The number of benzene rings is 1. The minimum atomic E-state index is 0.0281. The van der Waals surface area contributed by atoms with Crippen LogP contribution in [0.3, 0.4) is 0 Å². The monoisotopic (exact) mass is 345 g/mol. The number of alkyl halides is 1. The lowest BCUT2D eigenvalue weighted by atomic mass is 9.84. The van der Waals surface area contributed by atoms with Crippen LogP contribution in [-0.4, -0.2) is 17.8 Å². The molecule has 0 saturated heterocycles. The Hall–Kier alpha value is -0.540. The lowest BCUT2D eigenvalue weighted by molar-refractivity contribution is -0.120. The van der Waals surface area contributed by atoms with Gasteiger partial charge in [0.15, 0.2) is 0 Å². The molecule has 0 aliphatic rings. The number of amides is 1. The van der Waals surface area contributed by atoms with Gasteiger partial charge in [-0.2, -0.15) is 0 Å². The van der Waals surface area contributed by atoms with Crippen molar-refractivity contribution in [3.8, 4) is 0 Å². The van der Waals surface area contributed by atoms with Crippen molar-refractivity contribution in [1.82, 2.24) is 5.32 Å². The van der Waals surface area contributed by atoms with Crippen molar-refractivity contribution in [2.75, 3.05) is 11.9 Å². The van der Waals surface area contributed by atoms with Gasteiger partial charge in [0.1, 0.15) is 0 Å². The summed E-state index contributed by atoms with van der Waals surface area (Å²) in [5, 5.41) is 4.58. The summed E-state index contributed by atoms with van der Waals surface area (Å²) >= 11 is 9.60. The van der Waals surface area contributed by atoms with E-state index in [4.69, 9.17) is 11.6 Å². The third-order valence-corrected chi connectivity index (χ3v) is 5.31. The van der Waals surface area contributed by atoms with Crippen molar-refractivity contribution >= 4 is 33.4 Å². The topological polar surface area (TPSA) is 29.1 Å². The molecular formula is C15H21BrClNO. The largest absolute Gasteiger partial charge is 0.355 e. The van der Waals surface area contributed by atoms with Gasteiger partial charge in [-0.1, -0.05) is 59.6 Å². The second-order valence-corrected chi connectivity index (χ2v) is 5.85. The molecule has 4 heteroatoms. The van der Waals surface area contributed by atoms with Crippen LogP contribution in [0, 0.1) is 5.41 Å². The quantitative estimate of drug-likeness (QED) is 0.737. The summed E-state index contributed by atoms with van der Waals surface area (Å²) in [6, 6.07) is 7.47. The van der Waals surface area contributed by atoms with Crippen molar-refractivity contribution in [2.24, 2.45) is 5.41 Å². The van der Waals surface area contributed by atoms with E-state index >= 15 is 0 Å². The van der Waals surface area contributed by atoms with E-state index in [0.29, 0.717) is 18.0 Å². The van der Waals surface area contributed by atoms with Gasteiger partial charge in [0.25, 0.3) is 0 Å². The number of rotatable bonds is 7. The SMILES string of the molecule is CCC(CC)(CBr)CNC(=O)Cc1ccccc1Cl. The highest BCUT2D eigenvalue weighted by atomic mass is 79.9. The summed E-state index contributed by atoms with van der Waals surface area (Å²) in [6.45, 7) is 5.02. The van der Waals surface area contributed by atoms with Gasteiger partial charge in [-0.3, -0.25) is 4.79 Å². The summed E-state index contributed by atoms with van der Waals surface area (Å²) in [5.41, 5.74) is 1.02. The van der Waals surface area contributed by atoms with Crippen LogP contribution in [0.25, 0.3) is 0 Å². The summed E-state index contributed by atoms with van der Waals surface area (Å²) in [7, 11) is 0. The van der Waals surface area contributed by atoms with Crippen molar-refractivity contribution in [3.05, 3.63) is 34.9 Å². The Morgan fingerprint density at radius 2 is 1.95 bits per heavy atom. The van der Waals surface area contributed by atoms with Gasteiger partial charge in [-0.25, -0.2) is 0 Å². The normalized spacial score (nSPS) is 11.4. The first kappa shape index (κ1) is 16.5. The summed E-state index contributed by atoms with van der Waals surface area (Å²) in [6.07, 6.45) is 2.42. The van der Waals surface area contributed by atoms with Gasteiger partial charge < -0.3 is 5.32 Å². The van der Waals surface area contributed by atoms with E-state index < -0.39 is 0 Å². The first-order valence-electron chi connectivity index (χ1n) is 6.63. The Bertz CT molecular complexity index is 410. The first-order valence-corrected chi connectivity index (χ1v) is 8.13. The number of carbonyl (C=O) groups excluding carboxylic acids is 1. The molecule has 0 aliphatic heterocycles. The molecule has 0 atom stereocenters. The van der Waals surface area contributed by atoms with E-state index in [1.165, 1.54) is 0 Å². The van der Waals surface area contributed by atoms with Crippen molar-refractivity contribution in [3.63, 3.8) is 0 Å². The highest BCUT2D eigenvalue weighted by Crippen LogP contribution is 2.27. The van der Waals surface area contributed by atoms with Gasteiger partial charge in [-0.05, 0) is 29.9 Å². The van der Waals surface area contributed by atoms with Crippen molar-refractivity contribution in [1.29, 1.82) is 0 Å². The molecule has 0 heterocycles. The summed E-state index contributed by atoms with van der Waals surface area (Å²) in [5.74, 6) is 0.0281. The van der Waals surface area contributed by atoms with E-state index in [-0.39, 0.29) is 11.3 Å². The molecule has 2 nitrogen and oxygen atoms in total. The molecular weight excluding hydrogens is 326 g/mol. The second-order valence-electron chi connectivity index (χ2n) is 4.89. The zero-order valence-electron chi connectivity index (χ0n) is 11.5. The Morgan fingerprint density at radius 1 is 1.32 bits per heavy atom. The lowest BCUT2D eigenvalue weighted by Crippen LogP contribution is -2.38. The molecule has 0 unspecified atom stereocenters. The highest BCUT2D eigenvalue weighted by Gasteiger charge is 2.25. The van der Waals surface area contributed by atoms with Gasteiger partial charge in [0.2, 0.25) is 5.91 Å². The predicted molar refractivity (Wildman–Crippen MR) is 85.0 cm³/mol. The Labute approximate surface area is 129 Å². The maximum atomic E-state index is 12.0. The Balaban J connectivity index is 2.55. The minimum absolute atomic E-state index is 0.0281. The molecule has 0 bridgehead atoms. The zero-order valence-corrected chi connectivity index (χ0v) is 13.9. The average molecular weight is 347 g/mol. The predicted octanol–water partition coefficient (Wildman–Crippen LogP) is 4.20. The fourth-order valence-electron chi connectivity index (χ4n) is 1.90. The summed E-state index contributed by atoms with van der Waals surface area (Å²) in [4.78, 5) is 12.0. The molecule has 0 radical (unpaired) electrons. The smallest absolute Gasteiger partial charge is 0.224 e. The fraction of sp³-hybridized carbons (Fsp3) is 0.533. The van der Waals surface area contributed by atoms with E-state index in [2.05, 4.69) is 35.1 Å². The maximum absolute atomic E-state index is 12.0. The molecule has 106 valence electrons. The molecule has 1 rings (SSSR count). The Morgan fingerprint density at radius 3 is 2.47 bits per heavy atom. The molecule has 19 heavy (non-hydrogen) atoms. The van der Waals surface area contributed by atoms with Crippen molar-refractivity contribution < 1.29 is 4.79 Å². The van der Waals surface area contributed by atoms with Gasteiger partial charge in [-0.15, -0.1) is 0 Å². The van der Waals surface area contributed by atoms with Crippen LogP contribution in [0.5, 0.6) is 0 Å². The van der Waals surface area contributed by atoms with Gasteiger partial charge in [0, 0.05) is 16.9 Å². The second kappa shape index (κ2) is 7.91. The number of halogens is 2. The molecule has 1 amide bonds. The van der Waals surface area contributed by atoms with E-state index in [9.17, 15) is 4.79 Å². The minimum Gasteiger partial charge on any atom is -0.355 e. The standard InChI is InChI=1S/C15H21BrClNO/c1-3-15(4-2,10-16)11-18-14(19)9-12-7-5-6-8-13(12)17/h5-8H,3-4,9-11H2,1-2H3,(H,18,19). The first-order chi connectivity index (χ1) is 9.06. The van der Waals surface area contributed by atoms with Crippen molar-refractivity contribution in [2.45, 2.75) is 33.1 Å². The molecule has 0 saturated carbocycles. The van der Waals surface area contributed by atoms with Crippen LogP contribution in [-0.2, 0) is 11.2 Å². The molecule has 0 spiro atoms. The molecule has 0 aliphatic carbocycles. The van der Waals surface area contributed by atoms with Crippen LogP contribution in [0.4, 0.5) is 0 Å². The third kappa shape index (κ3) is 4.81. The molecule has 1 N–H and O–H groups in total. The third-order valence-electron chi connectivity index (χ3n) is 3.75. The average Bonchev–Trinajstić information content (AvgIpc) is 2.44.